The fourth-order valence-electron chi connectivity index (χ4n) is 2.67. The van der Waals surface area contributed by atoms with Gasteiger partial charge in [0, 0.05) is 18.2 Å². The third-order valence-corrected chi connectivity index (χ3v) is 3.71. The third kappa shape index (κ3) is 2.47. The van der Waals surface area contributed by atoms with Crippen LogP contribution in [0.5, 0.6) is 0 Å². The highest BCUT2D eigenvalue weighted by molar-refractivity contribution is 5.95. The van der Waals surface area contributed by atoms with E-state index < -0.39 is 0 Å². The summed E-state index contributed by atoms with van der Waals surface area (Å²) in [5, 5.41) is 7.31. The van der Waals surface area contributed by atoms with Crippen molar-refractivity contribution in [3.63, 3.8) is 0 Å². The molecule has 0 aromatic heterocycles. The number of hydrogen-bond donors (Lipinski definition) is 2. The molecule has 3 nitrogen and oxygen atoms in total. The predicted molar refractivity (Wildman–Crippen MR) is 72.6 cm³/mol. The Bertz CT molecular complexity index is 458. The average molecular weight is 249 g/mol. The summed E-state index contributed by atoms with van der Waals surface area (Å²) in [6.07, 6.45) is 2.19. The minimum Gasteiger partial charge on any atom is -0.384 e. The molecule has 4 heteroatoms. The summed E-state index contributed by atoms with van der Waals surface area (Å²) in [7, 11) is 0. The van der Waals surface area contributed by atoms with Crippen LogP contribution >= 0.6 is 0 Å². The molecular formula is C14H20FN3. The van der Waals surface area contributed by atoms with Crippen molar-refractivity contribution in [1.29, 1.82) is 5.41 Å². The third-order valence-electron chi connectivity index (χ3n) is 3.71. The van der Waals surface area contributed by atoms with Gasteiger partial charge in [-0.2, -0.15) is 0 Å². The van der Waals surface area contributed by atoms with Gasteiger partial charge >= 0.3 is 0 Å². The average Bonchev–Trinajstić information content (AvgIpc) is 2.30. The van der Waals surface area contributed by atoms with Gasteiger partial charge < -0.3 is 10.6 Å². The van der Waals surface area contributed by atoms with Gasteiger partial charge in [-0.25, -0.2) is 4.39 Å². The molecule has 18 heavy (non-hydrogen) atoms. The smallest absolute Gasteiger partial charge is 0.147 e. The molecule has 1 aromatic rings. The monoisotopic (exact) mass is 249 g/mol. The number of nitrogen functional groups attached to an aromatic ring is 1. The zero-order valence-corrected chi connectivity index (χ0v) is 10.9. The van der Waals surface area contributed by atoms with Crippen LogP contribution in [0, 0.1) is 17.1 Å². The number of nitrogens with zero attached hydrogens (tertiary/aromatic N) is 1. The number of amidine groups is 1. The summed E-state index contributed by atoms with van der Waals surface area (Å²) in [5.41, 5.74) is 6.42. The van der Waals surface area contributed by atoms with Crippen molar-refractivity contribution < 1.29 is 4.39 Å². The normalized spacial score (nSPS) is 24.1. The zero-order chi connectivity index (χ0) is 13.3. The van der Waals surface area contributed by atoms with Gasteiger partial charge in [0.25, 0.3) is 0 Å². The lowest BCUT2D eigenvalue weighted by molar-refractivity contribution is 0.375. The van der Waals surface area contributed by atoms with E-state index in [1.807, 2.05) is 0 Å². The first-order valence-corrected chi connectivity index (χ1v) is 6.39. The second-order valence-corrected chi connectivity index (χ2v) is 5.25. The van der Waals surface area contributed by atoms with E-state index >= 15 is 0 Å². The second kappa shape index (κ2) is 4.96. The standard InChI is InChI=1S/C14H20FN3/c1-9-5-6-18(10(2)7-9)13-4-3-11(14(16)17)8-12(13)15/h3-4,8-10H,5-7H2,1-2H3,(H3,16,17). The van der Waals surface area contributed by atoms with E-state index in [0.29, 0.717) is 23.2 Å². The zero-order valence-electron chi connectivity index (χ0n) is 10.9. The van der Waals surface area contributed by atoms with Gasteiger partial charge in [-0.3, -0.25) is 5.41 Å². The van der Waals surface area contributed by atoms with Crippen molar-refractivity contribution in [2.45, 2.75) is 32.7 Å². The molecule has 1 aliphatic heterocycles. The van der Waals surface area contributed by atoms with Gasteiger partial charge in [-0.05, 0) is 43.9 Å². The van der Waals surface area contributed by atoms with Crippen molar-refractivity contribution in [3.05, 3.63) is 29.6 Å². The fraction of sp³-hybridized carbons (Fsp3) is 0.500. The van der Waals surface area contributed by atoms with Gasteiger partial charge in [0.1, 0.15) is 11.7 Å². The Morgan fingerprint density at radius 1 is 1.44 bits per heavy atom. The van der Waals surface area contributed by atoms with Crippen LogP contribution in [0.25, 0.3) is 0 Å². The van der Waals surface area contributed by atoms with Crippen molar-refractivity contribution in [3.8, 4) is 0 Å². The van der Waals surface area contributed by atoms with E-state index in [9.17, 15) is 4.39 Å². The Kier molecular flexibility index (Phi) is 3.55. The van der Waals surface area contributed by atoms with Crippen molar-refractivity contribution in [2.75, 3.05) is 11.4 Å². The van der Waals surface area contributed by atoms with Crippen molar-refractivity contribution in [1.82, 2.24) is 0 Å². The van der Waals surface area contributed by atoms with E-state index in [2.05, 4.69) is 18.7 Å². The molecule has 0 amide bonds. The largest absolute Gasteiger partial charge is 0.384 e. The number of halogens is 1. The fourth-order valence-corrected chi connectivity index (χ4v) is 2.67. The number of anilines is 1. The number of nitrogens with two attached hydrogens (primary N) is 1. The SMILES string of the molecule is CC1CCN(c2ccc(C(=N)N)cc2F)C(C)C1. The summed E-state index contributed by atoms with van der Waals surface area (Å²) < 4.78 is 14.1. The Balaban J connectivity index is 2.26. The Morgan fingerprint density at radius 3 is 2.72 bits per heavy atom. The molecule has 1 heterocycles. The maximum Gasteiger partial charge on any atom is 0.147 e. The molecule has 1 saturated heterocycles. The minimum absolute atomic E-state index is 0.0965. The highest BCUT2D eigenvalue weighted by Crippen LogP contribution is 2.29. The van der Waals surface area contributed by atoms with Gasteiger partial charge in [0.05, 0.1) is 5.69 Å². The number of hydrogen-bond acceptors (Lipinski definition) is 2. The molecule has 1 aliphatic rings. The molecule has 0 spiro atoms. The van der Waals surface area contributed by atoms with Crippen molar-refractivity contribution >= 4 is 11.5 Å². The van der Waals surface area contributed by atoms with Gasteiger partial charge in [0.2, 0.25) is 0 Å². The first-order chi connectivity index (χ1) is 8.49. The van der Waals surface area contributed by atoms with Crippen LogP contribution in [-0.2, 0) is 0 Å². The summed E-state index contributed by atoms with van der Waals surface area (Å²) in [5.74, 6) is 0.320. The molecule has 98 valence electrons. The summed E-state index contributed by atoms with van der Waals surface area (Å²) in [4.78, 5) is 2.11. The van der Waals surface area contributed by atoms with E-state index in [1.165, 1.54) is 6.07 Å². The topological polar surface area (TPSA) is 53.1 Å². The number of nitrogens with one attached hydrogen (secondary N) is 1. The number of benzene rings is 1. The Morgan fingerprint density at radius 2 is 2.17 bits per heavy atom. The van der Waals surface area contributed by atoms with Crippen LogP contribution in [0.3, 0.4) is 0 Å². The van der Waals surface area contributed by atoms with E-state index in [0.717, 1.165) is 19.4 Å². The lowest BCUT2D eigenvalue weighted by Gasteiger charge is -2.38. The van der Waals surface area contributed by atoms with E-state index in [4.69, 9.17) is 11.1 Å². The Labute approximate surface area is 107 Å². The van der Waals surface area contributed by atoms with Crippen LogP contribution in [0.2, 0.25) is 0 Å². The molecule has 0 bridgehead atoms. The quantitative estimate of drug-likeness (QED) is 0.625. The molecule has 1 aromatic carbocycles. The predicted octanol–water partition coefficient (Wildman–Crippen LogP) is 2.73. The maximum absolute atomic E-state index is 14.1. The van der Waals surface area contributed by atoms with Crippen LogP contribution in [-0.4, -0.2) is 18.4 Å². The van der Waals surface area contributed by atoms with Crippen LogP contribution < -0.4 is 10.6 Å². The number of rotatable bonds is 2. The molecule has 0 radical (unpaired) electrons. The summed E-state index contributed by atoms with van der Waals surface area (Å²) in [6.45, 7) is 5.26. The highest BCUT2D eigenvalue weighted by atomic mass is 19.1. The second-order valence-electron chi connectivity index (χ2n) is 5.25. The highest BCUT2D eigenvalue weighted by Gasteiger charge is 2.24. The van der Waals surface area contributed by atoms with Crippen LogP contribution in [0.1, 0.15) is 32.3 Å². The summed E-state index contributed by atoms with van der Waals surface area (Å²) in [6, 6.07) is 5.15. The van der Waals surface area contributed by atoms with Gasteiger partial charge in [0.15, 0.2) is 0 Å². The van der Waals surface area contributed by atoms with Gasteiger partial charge in [-0.1, -0.05) is 6.92 Å². The summed E-state index contributed by atoms with van der Waals surface area (Å²) >= 11 is 0. The lowest BCUT2D eigenvalue weighted by atomic mass is 9.93. The van der Waals surface area contributed by atoms with Crippen LogP contribution in [0.4, 0.5) is 10.1 Å². The Hall–Kier alpha value is -1.58. The van der Waals surface area contributed by atoms with Crippen LogP contribution in [0.15, 0.2) is 18.2 Å². The molecule has 2 unspecified atom stereocenters. The van der Waals surface area contributed by atoms with Gasteiger partial charge in [-0.15, -0.1) is 0 Å². The molecule has 3 N–H and O–H groups in total. The lowest BCUT2D eigenvalue weighted by Crippen LogP contribution is -2.40. The maximum atomic E-state index is 14.1. The number of piperidine rings is 1. The molecule has 2 rings (SSSR count). The van der Waals surface area contributed by atoms with Crippen molar-refractivity contribution in [2.24, 2.45) is 11.7 Å². The molecule has 2 atom stereocenters. The van der Waals surface area contributed by atoms with E-state index in [-0.39, 0.29) is 11.7 Å². The molecular weight excluding hydrogens is 229 g/mol. The minimum atomic E-state index is -0.288. The first-order valence-electron chi connectivity index (χ1n) is 6.39. The van der Waals surface area contributed by atoms with E-state index in [1.54, 1.807) is 12.1 Å². The molecule has 0 saturated carbocycles. The molecule has 0 aliphatic carbocycles. The molecule has 1 fully saturated rings. The first kappa shape index (κ1) is 12.9.